The molecular formula is C7H14Br2O. The van der Waals surface area contributed by atoms with E-state index in [1.165, 1.54) is 19.3 Å². The Morgan fingerprint density at radius 1 is 1.00 bits per heavy atom. The Kier molecular flexibility index (Phi) is 10.8. The molecule has 0 radical (unpaired) electrons. The summed E-state index contributed by atoms with van der Waals surface area (Å²) in [6.07, 6.45) is 3.78. The summed E-state index contributed by atoms with van der Waals surface area (Å²) < 4.78 is 4.94. The summed E-state index contributed by atoms with van der Waals surface area (Å²) in [5.41, 5.74) is 0. The molecule has 0 aromatic carbocycles. The minimum atomic E-state index is 1.00. The second-order valence-electron chi connectivity index (χ2n) is 2.05. The van der Waals surface area contributed by atoms with E-state index in [0.29, 0.717) is 0 Å². The molecule has 62 valence electrons. The maximum atomic E-state index is 4.94. The maximum absolute atomic E-state index is 4.94. The molecule has 0 amide bonds. The van der Waals surface area contributed by atoms with Crippen LogP contribution in [0.15, 0.2) is 0 Å². The monoisotopic (exact) mass is 272 g/mol. The van der Waals surface area contributed by atoms with Gasteiger partial charge in [0.05, 0.1) is 0 Å². The second-order valence-corrected chi connectivity index (χ2v) is 3.64. The molecule has 1 fully saturated rings. The predicted octanol–water partition coefficient (Wildman–Crippen LogP) is 2.96. The van der Waals surface area contributed by atoms with Gasteiger partial charge in [-0.2, -0.15) is 0 Å². The molecule has 1 aliphatic heterocycles. The third kappa shape index (κ3) is 8.92. The third-order valence-corrected chi connectivity index (χ3v) is 2.22. The topological polar surface area (TPSA) is 9.23 Å². The predicted molar refractivity (Wildman–Crippen MR) is 52.3 cm³/mol. The van der Waals surface area contributed by atoms with Gasteiger partial charge in [-0.1, -0.05) is 31.9 Å². The summed E-state index contributed by atoms with van der Waals surface area (Å²) in [4.78, 5) is 0. The van der Waals surface area contributed by atoms with Crippen molar-refractivity contribution in [3.8, 4) is 0 Å². The molecule has 0 aromatic heterocycles. The zero-order valence-electron chi connectivity index (χ0n) is 6.11. The van der Waals surface area contributed by atoms with Gasteiger partial charge in [0.1, 0.15) is 0 Å². The van der Waals surface area contributed by atoms with Crippen molar-refractivity contribution < 1.29 is 4.74 Å². The van der Waals surface area contributed by atoms with Crippen LogP contribution in [-0.4, -0.2) is 23.9 Å². The smallest absolute Gasteiger partial charge is 0.0466 e. The lowest BCUT2D eigenvalue weighted by Crippen LogP contribution is -1.74. The van der Waals surface area contributed by atoms with E-state index in [1.807, 2.05) is 0 Å². The van der Waals surface area contributed by atoms with Crippen molar-refractivity contribution in [1.29, 1.82) is 0 Å². The lowest BCUT2D eigenvalue weighted by Gasteiger charge is -1.76. The number of alkyl halides is 2. The molecule has 1 aliphatic rings. The molecule has 1 rings (SSSR count). The SMILES string of the molecule is BrCCCBr.C1CCOC1. The van der Waals surface area contributed by atoms with Crippen molar-refractivity contribution >= 4 is 31.9 Å². The summed E-state index contributed by atoms with van der Waals surface area (Å²) in [5, 5.41) is 2.22. The first-order chi connectivity index (χ1) is 4.91. The van der Waals surface area contributed by atoms with Crippen molar-refractivity contribution in [2.24, 2.45) is 0 Å². The Morgan fingerprint density at radius 3 is 1.60 bits per heavy atom. The molecular weight excluding hydrogens is 260 g/mol. The average molecular weight is 274 g/mol. The van der Waals surface area contributed by atoms with Crippen LogP contribution in [0.3, 0.4) is 0 Å². The second kappa shape index (κ2) is 9.92. The minimum Gasteiger partial charge on any atom is -0.381 e. The van der Waals surface area contributed by atoms with Crippen molar-refractivity contribution in [3.05, 3.63) is 0 Å². The van der Waals surface area contributed by atoms with E-state index in [0.717, 1.165) is 23.9 Å². The fourth-order valence-corrected chi connectivity index (χ4v) is 1.87. The van der Waals surface area contributed by atoms with E-state index in [2.05, 4.69) is 31.9 Å². The van der Waals surface area contributed by atoms with Crippen LogP contribution in [0.5, 0.6) is 0 Å². The first-order valence-corrected chi connectivity index (χ1v) is 5.85. The van der Waals surface area contributed by atoms with Gasteiger partial charge in [0.2, 0.25) is 0 Å². The Morgan fingerprint density at radius 2 is 1.50 bits per heavy atom. The zero-order valence-corrected chi connectivity index (χ0v) is 9.29. The van der Waals surface area contributed by atoms with Gasteiger partial charge in [-0.05, 0) is 19.3 Å². The van der Waals surface area contributed by atoms with Gasteiger partial charge in [-0.15, -0.1) is 0 Å². The molecule has 0 atom stereocenters. The number of halogens is 2. The fourth-order valence-electron chi connectivity index (χ4n) is 0.561. The summed E-state index contributed by atoms with van der Waals surface area (Å²) in [7, 11) is 0. The van der Waals surface area contributed by atoms with Gasteiger partial charge in [0.15, 0.2) is 0 Å². The molecule has 1 nitrogen and oxygen atoms in total. The van der Waals surface area contributed by atoms with Gasteiger partial charge in [0.25, 0.3) is 0 Å². The van der Waals surface area contributed by atoms with Crippen LogP contribution < -0.4 is 0 Å². The van der Waals surface area contributed by atoms with Crippen molar-refractivity contribution in [2.75, 3.05) is 23.9 Å². The minimum absolute atomic E-state index is 1.00. The van der Waals surface area contributed by atoms with Crippen LogP contribution in [0.2, 0.25) is 0 Å². The summed E-state index contributed by atoms with van der Waals surface area (Å²) in [6, 6.07) is 0. The van der Waals surface area contributed by atoms with Crippen LogP contribution in [0.4, 0.5) is 0 Å². The molecule has 1 saturated heterocycles. The number of rotatable bonds is 2. The van der Waals surface area contributed by atoms with Gasteiger partial charge < -0.3 is 4.74 Å². The first kappa shape index (κ1) is 10.9. The lowest BCUT2D eigenvalue weighted by atomic mass is 10.4. The molecule has 0 aliphatic carbocycles. The Labute approximate surface area is 79.8 Å². The molecule has 10 heavy (non-hydrogen) atoms. The van der Waals surface area contributed by atoms with Crippen LogP contribution in [0.25, 0.3) is 0 Å². The molecule has 0 unspecified atom stereocenters. The van der Waals surface area contributed by atoms with E-state index in [9.17, 15) is 0 Å². The Bertz CT molecular complexity index is 46.0. The van der Waals surface area contributed by atoms with Crippen molar-refractivity contribution in [1.82, 2.24) is 0 Å². The number of hydrogen-bond acceptors (Lipinski definition) is 1. The van der Waals surface area contributed by atoms with E-state index in [4.69, 9.17) is 4.74 Å². The fraction of sp³-hybridized carbons (Fsp3) is 1.00. The summed E-state index contributed by atoms with van der Waals surface area (Å²) in [5.74, 6) is 0. The average Bonchev–Trinajstić information content (AvgIpc) is 2.44. The normalized spacial score (nSPS) is 16.2. The van der Waals surface area contributed by atoms with E-state index < -0.39 is 0 Å². The zero-order chi connectivity index (χ0) is 7.66. The van der Waals surface area contributed by atoms with Crippen LogP contribution >= 0.6 is 31.9 Å². The highest BCUT2D eigenvalue weighted by Crippen LogP contribution is 1.98. The van der Waals surface area contributed by atoms with Gasteiger partial charge in [-0.25, -0.2) is 0 Å². The van der Waals surface area contributed by atoms with Crippen LogP contribution in [0, 0.1) is 0 Å². The quantitative estimate of drug-likeness (QED) is 0.703. The molecule has 0 N–H and O–H groups in total. The molecule has 0 aromatic rings. The standard InChI is InChI=1S/C4H8O.C3H6Br2/c1-2-4-5-3-1;4-2-1-3-5/h1-4H2;1-3H2. The van der Waals surface area contributed by atoms with Crippen molar-refractivity contribution in [2.45, 2.75) is 19.3 Å². The Hall–Kier alpha value is 0.920. The largest absolute Gasteiger partial charge is 0.381 e. The Balaban J connectivity index is 0.000000162. The molecule has 0 spiro atoms. The number of ether oxygens (including phenoxy) is 1. The highest BCUT2D eigenvalue weighted by Gasteiger charge is 1.94. The van der Waals surface area contributed by atoms with E-state index in [1.54, 1.807) is 0 Å². The third-order valence-electron chi connectivity index (χ3n) is 1.09. The summed E-state index contributed by atoms with van der Waals surface area (Å²) >= 11 is 6.56. The van der Waals surface area contributed by atoms with Crippen LogP contribution in [0.1, 0.15) is 19.3 Å². The van der Waals surface area contributed by atoms with Gasteiger partial charge in [0, 0.05) is 23.9 Å². The highest BCUT2D eigenvalue weighted by atomic mass is 79.9. The molecule has 0 bridgehead atoms. The molecule has 0 saturated carbocycles. The van der Waals surface area contributed by atoms with E-state index >= 15 is 0 Å². The number of hydrogen-bond donors (Lipinski definition) is 0. The van der Waals surface area contributed by atoms with E-state index in [-0.39, 0.29) is 0 Å². The molecule has 1 heterocycles. The van der Waals surface area contributed by atoms with Gasteiger partial charge in [-0.3, -0.25) is 0 Å². The summed E-state index contributed by atoms with van der Waals surface area (Å²) in [6.45, 7) is 2.00. The lowest BCUT2D eigenvalue weighted by molar-refractivity contribution is 0.198. The van der Waals surface area contributed by atoms with Gasteiger partial charge >= 0.3 is 0 Å². The van der Waals surface area contributed by atoms with Crippen LogP contribution in [-0.2, 0) is 4.74 Å². The van der Waals surface area contributed by atoms with Crippen molar-refractivity contribution in [3.63, 3.8) is 0 Å². The molecule has 3 heteroatoms. The maximum Gasteiger partial charge on any atom is 0.0466 e. The highest BCUT2D eigenvalue weighted by molar-refractivity contribution is 9.09. The first-order valence-electron chi connectivity index (χ1n) is 3.61.